The molecule has 2 aromatic heterocycles. The van der Waals surface area contributed by atoms with Crippen molar-refractivity contribution in [2.45, 2.75) is 0 Å². The second kappa shape index (κ2) is 14.3. The Morgan fingerprint density at radius 3 is 1.79 bits per heavy atom. The van der Waals surface area contributed by atoms with Gasteiger partial charge < -0.3 is 9.32 Å². The van der Waals surface area contributed by atoms with Crippen molar-refractivity contribution in [1.82, 2.24) is 9.97 Å². The second-order valence-corrected chi connectivity index (χ2v) is 12.4. The van der Waals surface area contributed by atoms with Crippen LogP contribution in [0.25, 0.3) is 78.1 Å². The molecule has 0 aliphatic carbocycles. The maximum absolute atomic E-state index is 9.75. The molecule has 8 aromatic carbocycles. The molecule has 56 heavy (non-hydrogen) atoms. The summed E-state index contributed by atoms with van der Waals surface area (Å²) in [7, 11) is 0. The van der Waals surface area contributed by atoms with Crippen molar-refractivity contribution in [1.29, 1.82) is 0 Å². The molecular formula is C52H35N3O. The smallest absolute Gasteiger partial charge is 0.160 e. The second-order valence-electron chi connectivity index (χ2n) is 12.4. The number of rotatable bonds is 8. The number of para-hydroxylation sites is 2. The summed E-state index contributed by atoms with van der Waals surface area (Å²) >= 11 is 0. The summed E-state index contributed by atoms with van der Waals surface area (Å²) in [5.74, 6) is 0.300. The van der Waals surface area contributed by atoms with Crippen LogP contribution >= 0.6 is 0 Å². The number of hydrogen-bond acceptors (Lipinski definition) is 4. The lowest BCUT2D eigenvalue weighted by molar-refractivity contribution is 0.669. The van der Waals surface area contributed by atoms with Crippen molar-refractivity contribution in [2.24, 2.45) is 0 Å². The third-order valence-corrected chi connectivity index (χ3v) is 9.05. The van der Waals surface area contributed by atoms with Gasteiger partial charge in [0.2, 0.25) is 0 Å². The predicted molar refractivity (Wildman–Crippen MR) is 231 cm³/mol. The summed E-state index contributed by atoms with van der Waals surface area (Å²) in [5.41, 5.74) is -1.29. The molecule has 0 N–H and O–H groups in total. The van der Waals surface area contributed by atoms with Crippen LogP contribution in [0.2, 0.25) is 0 Å². The summed E-state index contributed by atoms with van der Waals surface area (Å²) in [6, 6.07) is 14.6. The summed E-state index contributed by atoms with van der Waals surface area (Å²) in [6.07, 6.45) is 0. The van der Waals surface area contributed by atoms with E-state index in [1.165, 1.54) is 12.1 Å². The van der Waals surface area contributed by atoms with Crippen LogP contribution in [-0.4, -0.2) is 9.97 Å². The third kappa shape index (κ3) is 6.19. The fraction of sp³-hybridized carbons (Fsp3) is 0. The maximum Gasteiger partial charge on any atom is 0.160 e. The summed E-state index contributed by atoms with van der Waals surface area (Å²) < 4.78 is 168. The Bertz CT molecular complexity index is 3870. The minimum atomic E-state index is -0.932. The molecular weight excluding hydrogens is 683 g/mol. The quantitative estimate of drug-likeness (QED) is 0.156. The van der Waals surface area contributed by atoms with Gasteiger partial charge in [0.05, 0.1) is 47.4 Å². The number of furan rings is 1. The zero-order valence-corrected chi connectivity index (χ0v) is 29.1. The lowest BCUT2D eigenvalue weighted by Crippen LogP contribution is -2.11. The molecule has 10 rings (SSSR count). The van der Waals surface area contributed by atoms with E-state index in [-0.39, 0.29) is 17.0 Å². The molecule has 0 atom stereocenters. The zero-order valence-electron chi connectivity index (χ0n) is 47.1. The number of hydrogen-bond donors (Lipinski definition) is 0. The van der Waals surface area contributed by atoms with Gasteiger partial charge >= 0.3 is 0 Å². The monoisotopic (exact) mass is 735 g/mol. The number of benzene rings is 8. The van der Waals surface area contributed by atoms with E-state index in [1.54, 1.807) is 24.3 Å². The SMILES string of the molecule is [2H]c1c([2H])c([2H])c(-c2c([2H])c([2H])c(N(c3cc(-c4cc(-c5ccccc5)nc(-c5ccccc5)n4)c4c(c3)oc3ccccc34)c3c([2H])c([2H])c([2H])c([2H])c3-c3c([2H])c([2H])c([2H])c([2H])c3[2H])c([2H])c2[2H])c([2H])c1[2H]. The first-order chi connectivity index (χ1) is 35.2. The van der Waals surface area contributed by atoms with Gasteiger partial charge in [-0.05, 0) is 53.0 Å². The van der Waals surface area contributed by atoms with E-state index in [0.29, 0.717) is 44.6 Å². The normalized spacial score (nSPS) is 15.7. The molecule has 0 fully saturated rings. The predicted octanol–water partition coefficient (Wildman–Crippen LogP) is 14.2. The van der Waals surface area contributed by atoms with Gasteiger partial charge in [-0.1, -0.05) is 169 Å². The van der Waals surface area contributed by atoms with Crippen molar-refractivity contribution in [2.75, 3.05) is 4.90 Å². The van der Waals surface area contributed by atoms with Gasteiger partial charge in [-0.15, -0.1) is 0 Å². The molecule has 0 saturated heterocycles. The van der Waals surface area contributed by atoms with Crippen LogP contribution in [0.1, 0.15) is 24.7 Å². The molecule has 4 nitrogen and oxygen atoms in total. The Balaban J connectivity index is 1.40. The third-order valence-electron chi connectivity index (χ3n) is 9.05. The van der Waals surface area contributed by atoms with E-state index in [0.717, 1.165) is 4.90 Å². The molecule has 0 unspecified atom stereocenters. The van der Waals surface area contributed by atoms with Crippen molar-refractivity contribution in [3.05, 3.63) is 212 Å². The van der Waals surface area contributed by atoms with Gasteiger partial charge in [-0.25, -0.2) is 9.97 Å². The fourth-order valence-electron chi connectivity index (χ4n) is 6.55. The average Bonchev–Trinajstić information content (AvgIpc) is 3.80. The highest BCUT2D eigenvalue weighted by molar-refractivity contribution is 6.14. The van der Waals surface area contributed by atoms with E-state index in [9.17, 15) is 8.22 Å². The first-order valence-electron chi connectivity index (χ1n) is 26.4. The van der Waals surface area contributed by atoms with Gasteiger partial charge in [-0.2, -0.15) is 0 Å². The molecule has 0 bridgehead atoms. The van der Waals surface area contributed by atoms with Gasteiger partial charge in [-0.3, -0.25) is 0 Å². The van der Waals surface area contributed by atoms with Gasteiger partial charge in [0, 0.05) is 44.8 Å². The Morgan fingerprint density at radius 2 is 1.04 bits per heavy atom. The Hall–Kier alpha value is -7.56. The number of fused-ring (bicyclic) bond motifs is 3. The Kier molecular flexibility index (Phi) is 4.91. The maximum atomic E-state index is 9.75. The topological polar surface area (TPSA) is 42.2 Å². The highest BCUT2D eigenvalue weighted by Gasteiger charge is 2.23. The van der Waals surface area contributed by atoms with E-state index in [4.69, 9.17) is 30.8 Å². The van der Waals surface area contributed by atoms with Crippen LogP contribution in [-0.2, 0) is 0 Å². The summed E-state index contributed by atoms with van der Waals surface area (Å²) in [6.45, 7) is 0. The first kappa shape index (κ1) is 19.2. The average molecular weight is 736 g/mol. The number of aromatic nitrogens is 2. The summed E-state index contributed by atoms with van der Waals surface area (Å²) in [5, 5.41) is 1.09. The molecule has 0 spiro atoms. The fourth-order valence-corrected chi connectivity index (χ4v) is 6.55. The minimum Gasteiger partial charge on any atom is -0.456 e. The lowest BCUT2D eigenvalue weighted by atomic mass is 9.98. The first-order valence-corrected chi connectivity index (χ1v) is 17.4. The van der Waals surface area contributed by atoms with Crippen LogP contribution in [0.5, 0.6) is 0 Å². The van der Waals surface area contributed by atoms with E-state index in [1.807, 2.05) is 66.7 Å². The van der Waals surface area contributed by atoms with E-state index in [2.05, 4.69) is 0 Å². The van der Waals surface area contributed by atoms with Crippen LogP contribution in [0.4, 0.5) is 17.1 Å². The standard InChI is InChI=1S/C52H35N3O/c1-5-17-36(18-6-1)37-29-31-41(32-30-37)55(48-27-15-13-25-43(48)38-19-7-2-8-20-38)42-33-45(51-44-26-14-16-28-49(44)56-50(51)34-42)47-35-46(39-21-9-3-10-22-39)53-52(54-47)40-23-11-4-12-24-40/h1-35H/i1D,2D,5D,6D,7D,8D,13D,15D,17D,18D,19D,20D,25D,27D,29D,30D,31D,32D. The largest absolute Gasteiger partial charge is 0.456 e. The van der Waals surface area contributed by atoms with Crippen LogP contribution in [0, 0.1) is 0 Å². The molecule has 0 aliphatic rings. The molecule has 4 heteroatoms. The van der Waals surface area contributed by atoms with Gasteiger partial charge in [0.15, 0.2) is 5.82 Å². The molecule has 0 saturated carbocycles. The van der Waals surface area contributed by atoms with Crippen molar-refractivity contribution in [3.63, 3.8) is 0 Å². The Morgan fingerprint density at radius 1 is 0.429 bits per heavy atom. The molecule has 0 amide bonds. The number of anilines is 3. The van der Waals surface area contributed by atoms with E-state index < -0.39 is 142 Å². The Labute approximate surface area is 350 Å². The van der Waals surface area contributed by atoms with Gasteiger partial charge in [0.1, 0.15) is 11.2 Å². The van der Waals surface area contributed by atoms with Crippen molar-refractivity contribution >= 4 is 39.0 Å². The van der Waals surface area contributed by atoms with Crippen LogP contribution < -0.4 is 4.90 Å². The molecule has 0 radical (unpaired) electrons. The molecule has 264 valence electrons. The minimum absolute atomic E-state index is 0.126. The van der Waals surface area contributed by atoms with Crippen molar-refractivity contribution < 1.29 is 29.1 Å². The van der Waals surface area contributed by atoms with Crippen LogP contribution in [0.15, 0.2) is 216 Å². The molecule has 10 aromatic rings. The van der Waals surface area contributed by atoms with E-state index >= 15 is 0 Å². The summed E-state index contributed by atoms with van der Waals surface area (Å²) in [4.78, 5) is 11.0. The molecule has 2 heterocycles. The van der Waals surface area contributed by atoms with Gasteiger partial charge in [0.25, 0.3) is 0 Å². The highest BCUT2D eigenvalue weighted by atomic mass is 16.3. The van der Waals surface area contributed by atoms with Crippen molar-refractivity contribution in [3.8, 4) is 56.2 Å². The highest BCUT2D eigenvalue weighted by Crippen LogP contribution is 2.46. The zero-order chi connectivity index (χ0) is 52.9. The number of nitrogens with zero attached hydrogens (tertiary/aromatic N) is 3. The van der Waals surface area contributed by atoms with Crippen LogP contribution in [0.3, 0.4) is 0 Å². The molecule has 0 aliphatic heterocycles. The lowest BCUT2D eigenvalue weighted by Gasteiger charge is -2.28.